The first-order valence-electron chi connectivity index (χ1n) is 10.2. The zero-order chi connectivity index (χ0) is 22.0. The van der Waals surface area contributed by atoms with Crippen LogP contribution >= 0.6 is 7.14 Å². The minimum Gasteiger partial charge on any atom is -0.543 e. The number of benzene rings is 3. The molecule has 158 valence electrons. The summed E-state index contributed by atoms with van der Waals surface area (Å²) in [6, 6.07) is 25.0. The van der Waals surface area contributed by atoms with Crippen LogP contribution in [0.25, 0.3) is 0 Å². The van der Waals surface area contributed by atoms with Crippen LogP contribution < -0.4 is 25.1 Å². The highest BCUT2D eigenvalue weighted by Gasteiger charge is 2.40. The minimum absolute atomic E-state index is 0.0651. The molecule has 0 fully saturated rings. The molecule has 0 aliphatic carbocycles. The number of ether oxygens (including phenoxy) is 1. The molecule has 0 unspecified atom stereocenters. The lowest BCUT2D eigenvalue weighted by Gasteiger charge is -2.36. The molecule has 30 heavy (non-hydrogen) atoms. The van der Waals surface area contributed by atoms with E-state index in [1.807, 2.05) is 78.9 Å². The van der Waals surface area contributed by atoms with Crippen molar-refractivity contribution in [3.8, 4) is 11.5 Å². The number of hydrogen-bond acceptors (Lipinski definition) is 3. The Labute approximate surface area is 181 Å². The lowest BCUT2D eigenvalue weighted by atomic mass is 10.2. The van der Waals surface area contributed by atoms with Crippen LogP contribution in [0.2, 0.25) is 18.1 Å². The van der Waals surface area contributed by atoms with E-state index >= 15 is 0 Å². The van der Waals surface area contributed by atoms with Crippen LogP contribution in [0.3, 0.4) is 0 Å². The Morgan fingerprint density at radius 2 is 1.30 bits per heavy atom. The van der Waals surface area contributed by atoms with Crippen LogP contribution in [0.5, 0.6) is 11.5 Å². The molecule has 0 aromatic heterocycles. The highest BCUT2D eigenvalue weighted by molar-refractivity contribution is 7.85. The molecule has 0 radical (unpaired) electrons. The van der Waals surface area contributed by atoms with Gasteiger partial charge in [-0.2, -0.15) is 0 Å². The summed E-state index contributed by atoms with van der Waals surface area (Å²) in [6.07, 6.45) is 0. The summed E-state index contributed by atoms with van der Waals surface area (Å²) in [4.78, 5) is 0. The van der Waals surface area contributed by atoms with Crippen LogP contribution in [-0.4, -0.2) is 15.4 Å². The Balaban J connectivity index is 2.23. The summed E-state index contributed by atoms with van der Waals surface area (Å²) in [5, 5.41) is 2.28. The van der Waals surface area contributed by atoms with Gasteiger partial charge < -0.3 is 13.7 Å². The van der Waals surface area contributed by atoms with E-state index in [0.717, 1.165) is 16.4 Å². The Morgan fingerprint density at radius 3 is 1.73 bits per heavy atom. The van der Waals surface area contributed by atoms with Crippen LogP contribution in [0, 0.1) is 0 Å². The number of hydrogen-bond donors (Lipinski definition) is 0. The molecule has 0 amide bonds. The molecule has 0 heterocycles. The first kappa shape index (κ1) is 22.4. The normalized spacial score (nSPS) is 12.5. The summed E-state index contributed by atoms with van der Waals surface area (Å²) < 4.78 is 27.0. The summed E-state index contributed by atoms with van der Waals surface area (Å²) in [5.41, 5.74) is 0. The van der Waals surface area contributed by atoms with E-state index in [2.05, 4.69) is 33.9 Å². The fourth-order valence-electron chi connectivity index (χ4n) is 3.13. The van der Waals surface area contributed by atoms with Gasteiger partial charge in [0.05, 0.1) is 12.4 Å². The van der Waals surface area contributed by atoms with E-state index in [-0.39, 0.29) is 5.04 Å². The van der Waals surface area contributed by atoms with Gasteiger partial charge in [0.15, 0.2) is 7.14 Å². The number of rotatable bonds is 6. The molecule has 0 spiro atoms. The lowest BCUT2D eigenvalue weighted by Crippen LogP contribution is -2.44. The topological polar surface area (TPSA) is 35.5 Å². The SMILES string of the molecule is COc1ccc(O[Si](C)(C)C(C)(C)C)cc1P(=O)(c1ccccc1)c1ccccc1. The molecule has 0 N–H and O–H groups in total. The van der Waals surface area contributed by atoms with Crippen molar-refractivity contribution < 1.29 is 13.7 Å². The second kappa shape index (κ2) is 8.45. The third-order valence-corrected chi connectivity index (χ3v) is 13.3. The molecule has 0 aliphatic heterocycles. The molecule has 3 rings (SSSR count). The third kappa shape index (κ3) is 4.26. The second-order valence-electron chi connectivity index (χ2n) is 8.98. The van der Waals surface area contributed by atoms with E-state index in [1.54, 1.807) is 7.11 Å². The monoisotopic (exact) mass is 438 g/mol. The molecular weight excluding hydrogens is 407 g/mol. The van der Waals surface area contributed by atoms with Crippen molar-refractivity contribution in [3.05, 3.63) is 78.9 Å². The van der Waals surface area contributed by atoms with Crippen LogP contribution in [-0.2, 0) is 4.57 Å². The van der Waals surface area contributed by atoms with Gasteiger partial charge >= 0.3 is 0 Å². The van der Waals surface area contributed by atoms with Gasteiger partial charge in [-0.25, -0.2) is 0 Å². The average molecular weight is 439 g/mol. The summed E-state index contributed by atoms with van der Waals surface area (Å²) in [7, 11) is -3.58. The van der Waals surface area contributed by atoms with Gasteiger partial charge in [-0.05, 0) is 36.3 Å². The van der Waals surface area contributed by atoms with Gasteiger partial charge in [0, 0.05) is 10.6 Å². The molecule has 0 bridgehead atoms. The molecule has 5 heteroatoms. The predicted octanol–water partition coefficient (Wildman–Crippen LogP) is 5.72. The molecule has 3 aromatic rings. The molecule has 3 nitrogen and oxygen atoms in total. The average Bonchev–Trinajstić information content (AvgIpc) is 2.73. The van der Waals surface area contributed by atoms with Gasteiger partial charge in [0.2, 0.25) is 8.32 Å². The van der Waals surface area contributed by atoms with Gasteiger partial charge in [-0.3, -0.25) is 0 Å². The Kier molecular flexibility index (Phi) is 6.31. The quantitative estimate of drug-likeness (QED) is 0.365. The fourth-order valence-corrected chi connectivity index (χ4v) is 6.98. The van der Waals surface area contributed by atoms with Gasteiger partial charge in [-0.1, -0.05) is 81.4 Å². The standard InChI is InChI=1S/C25H31O3PSi/c1-25(2,3)30(5,6)28-20-17-18-23(27-4)24(19-20)29(26,21-13-9-7-10-14-21)22-15-11-8-12-16-22/h7-19H,1-6H3. The highest BCUT2D eigenvalue weighted by atomic mass is 31.2. The van der Waals surface area contributed by atoms with E-state index in [9.17, 15) is 4.57 Å². The van der Waals surface area contributed by atoms with Crippen molar-refractivity contribution in [1.29, 1.82) is 0 Å². The van der Waals surface area contributed by atoms with Gasteiger partial charge in [-0.15, -0.1) is 0 Å². The summed E-state index contributed by atoms with van der Waals surface area (Å²) in [5.74, 6) is 1.35. The summed E-state index contributed by atoms with van der Waals surface area (Å²) >= 11 is 0. The maximum atomic E-state index is 14.8. The molecular formula is C25H31O3PSi. The van der Waals surface area contributed by atoms with Crippen molar-refractivity contribution in [1.82, 2.24) is 0 Å². The second-order valence-corrected chi connectivity index (χ2v) is 16.4. The molecule has 0 saturated carbocycles. The fraction of sp³-hybridized carbons (Fsp3) is 0.280. The van der Waals surface area contributed by atoms with E-state index < -0.39 is 15.5 Å². The minimum atomic E-state index is -3.15. The van der Waals surface area contributed by atoms with Crippen LogP contribution in [0.4, 0.5) is 0 Å². The molecule has 0 aliphatic rings. The highest BCUT2D eigenvalue weighted by Crippen LogP contribution is 2.46. The summed E-state index contributed by atoms with van der Waals surface area (Å²) in [6.45, 7) is 11.1. The van der Waals surface area contributed by atoms with Crippen molar-refractivity contribution in [2.75, 3.05) is 7.11 Å². The lowest BCUT2D eigenvalue weighted by molar-refractivity contribution is 0.416. The maximum absolute atomic E-state index is 14.8. The third-order valence-electron chi connectivity index (χ3n) is 5.91. The van der Waals surface area contributed by atoms with Gasteiger partial charge in [0.25, 0.3) is 0 Å². The molecule has 0 atom stereocenters. The Morgan fingerprint density at radius 1 is 0.800 bits per heavy atom. The van der Waals surface area contributed by atoms with Crippen LogP contribution in [0.15, 0.2) is 78.9 Å². The first-order chi connectivity index (χ1) is 14.1. The largest absolute Gasteiger partial charge is 0.543 e. The van der Waals surface area contributed by atoms with E-state index in [4.69, 9.17) is 9.16 Å². The maximum Gasteiger partial charge on any atom is 0.250 e. The zero-order valence-electron chi connectivity index (χ0n) is 18.7. The van der Waals surface area contributed by atoms with Crippen molar-refractivity contribution >= 4 is 31.4 Å². The molecule has 0 saturated heterocycles. The zero-order valence-corrected chi connectivity index (χ0v) is 20.6. The predicted molar refractivity (Wildman–Crippen MR) is 130 cm³/mol. The Bertz CT molecular complexity index is 997. The Hall–Kier alpha value is -2.29. The van der Waals surface area contributed by atoms with E-state index in [1.165, 1.54) is 0 Å². The van der Waals surface area contributed by atoms with Crippen molar-refractivity contribution in [2.45, 2.75) is 38.9 Å². The van der Waals surface area contributed by atoms with Gasteiger partial charge in [0.1, 0.15) is 11.5 Å². The first-order valence-corrected chi connectivity index (χ1v) is 14.8. The smallest absolute Gasteiger partial charge is 0.250 e. The number of methoxy groups -OCH3 is 1. The van der Waals surface area contributed by atoms with Crippen molar-refractivity contribution in [3.63, 3.8) is 0 Å². The van der Waals surface area contributed by atoms with E-state index in [0.29, 0.717) is 11.1 Å². The molecule has 3 aromatic carbocycles. The van der Waals surface area contributed by atoms with Crippen LogP contribution in [0.1, 0.15) is 20.8 Å². The van der Waals surface area contributed by atoms with Crippen molar-refractivity contribution in [2.24, 2.45) is 0 Å².